The van der Waals surface area contributed by atoms with Crippen LogP contribution >= 0.6 is 0 Å². The van der Waals surface area contributed by atoms with Gasteiger partial charge in [-0.3, -0.25) is 0 Å². The molecule has 2 rings (SSSR count). The Morgan fingerprint density at radius 3 is 2.15 bits per heavy atom. The summed E-state index contributed by atoms with van der Waals surface area (Å²) < 4.78 is 0. The predicted octanol–water partition coefficient (Wildman–Crippen LogP) is 3.61. The van der Waals surface area contributed by atoms with Crippen LogP contribution in [0.15, 0.2) is 42.6 Å². The topological polar surface area (TPSA) is 42.1 Å². The average Bonchev–Trinajstić information content (AvgIpc) is 2.46. The van der Waals surface area contributed by atoms with Crippen LogP contribution < -0.4 is 10.6 Å². The van der Waals surface area contributed by atoms with E-state index in [0.717, 1.165) is 17.1 Å². The fraction of sp³-hybridized carbons (Fsp3) is 0.353. The molecule has 1 aromatic carbocycles. The van der Waals surface area contributed by atoms with Gasteiger partial charge in [0.05, 0.1) is 0 Å². The Hall–Kier alpha value is -1.87. The van der Waals surface area contributed by atoms with Gasteiger partial charge in [-0.1, -0.05) is 39.0 Å². The molecule has 3 nitrogen and oxygen atoms in total. The molecule has 0 saturated heterocycles. The largest absolute Gasteiger partial charge is 0.329 e. The Balaban J connectivity index is 2.22. The molecule has 0 bridgehead atoms. The second kappa shape index (κ2) is 5.63. The summed E-state index contributed by atoms with van der Waals surface area (Å²) in [5.74, 6) is 0.943. The average molecular weight is 269 g/mol. The zero-order chi connectivity index (χ0) is 14.8. The zero-order valence-electron chi connectivity index (χ0n) is 12.7. The number of rotatable bonds is 3. The molecule has 0 aliphatic rings. The lowest BCUT2D eigenvalue weighted by atomic mass is 9.88. The molecule has 0 fully saturated rings. The lowest BCUT2D eigenvalue weighted by Gasteiger charge is -2.22. The van der Waals surface area contributed by atoms with Crippen LogP contribution in [0.1, 0.15) is 31.9 Å². The first kappa shape index (κ1) is 14.5. The van der Waals surface area contributed by atoms with E-state index < -0.39 is 0 Å². The van der Waals surface area contributed by atoms with E-state index in [1.165, 1.54) is 5.56 Å². The van der Waals surface area contributed by atoms with Gasteiger partial charge in [-0.15, -0.1) is 0 Å². The number of hydrogen-bond donors (Lipinski definition) is 1. The van der Waals surface area contributed by atoms with Crippen LogP contribution in [0, 0.1) is 0 Å². The second-order valence-electron chi connectivity index (χ2n) is 6.08. The van der Waals surface area contributed by atoms with E-state index in [4.69, 9.17) is 5.73 Å². The Bertz CT molecular complexity index is 550. The van der Waals surface area contributed by atoms with Gasteiger partial charge in [-0.2, -0.15) is 0 Å². The van der Waals surface area contributed by atoms with Gasteiger partial charge in [0.2, 0.25) is 0 Å². The van der Waals surface area contributed by atoms with E-state index in [2.05, 4.69) is 67.1 Å². The molecule has 0 saturated carbocycles. The molecule has 3 heteroatoms. The van der Waals surface area contributed by atoms with Crippen molar-refractivity contribution in [3.05, 3.63) is 53.7 Å². The number of hydrogen-bond acceptors (Lipinski definition) is 3. The maximum absolute atomic E-state index is 5.62. The standard InChI is InChI=1S/C17H23N3/c1-17(2,3)14-7-10-16(19-12-14)20(4)15-8-5-13(11-18)6-9-15/h5-10,12H,11,18H2,1-4H3. The lowest BCUT2D eigenvalue weighted by molar-refractivity contribution is 0.587. The molecule has 0 spiro atoms. The minimum absolute atomic E-state index is 0.132. The summed E-state index contributed by atoms with van der Waals surface area (Å²) in [6.45, 7) is 7.15. The number of aromatic nitrogens is 1. The third kappa shape index (κ3) is 3.17. The minimum Gasteiger partial charge on any atom is -0.329 e. The Labute approximate surface area is 121 Å². The Kier molecular flexibility index (Phi) is 4.09. The van der Waals surface area contributed by atoms with Crippen molar-refractivity contribution in [2.75, 3.05) is 11.9 Å². The Morgan fingerprint density at radius 1 is 1.05 bits per heavy atom. The van der Waals surface area contributed by atoms with Gasteiger partial charge in [0, 0.05) is 25.5 Å². The molecular formula is C17H23N3. The summed E-state index contributed by atoms with van der Waals surface area (Å²) in [4.78, 5) is 6.64. The molecule has 0 atom stereocenters. The molecule has 0 aliphatic heterocycles. The van der Waals surface area contributed by atoms with Crippen LogP contribution in [0.4, 0.5) is 11.5 Å². The van der Waals surface area contributed by atoms with E-state index in [1.807, 2.05) is 13.2 Å². The number of nitrogens with zero attached hydrogens (tertiary/aromatic N) is 2. The predicted molar refractivity (Wildman–Crippen MR) is 85.3 cm³/mol. The van der Waals surface area contributed by atoms with Crippen LogP contribution in [-0.2, 0) is 12.0 Å². The molecule has 0 amide bonds. The van der Waals surface area contributed by atoms with Gasteiger partial charge in [0.25, 0.3) is 0 Å². The summed E-state index contributed by atoms with van der Waals surface area (Å²) in [6.07, 6.45) is 1.96. The molecule has 2 aromatic rings. The third-order valence-electron chi connectivity index (χ3n) is 3.52. The van der Waals surface area contributed by atoms with Crippen molar-refractivity contribution in [2.45, 2.75) is 32.7 Å². The second-order valence-corrected chi connectivity index (χ2v) is 6.08. The Morgan fingerprint density at radius 2 is 1.70 bits per heavy atom. The molecule has 2 N–H and O–H groups in total. The van der Waals surface area contributed by atoms with Crippen molar-refractivity contribution < 1.29 is 0 Å². The monoisotopic (exact) mass is 269 g/mol. The molecule has 0 radical (unpaired) electrons. The van der Waals surface area contributed by atoms with Gasteiger partial charge < -0.3 is 10.6 Å². The third-order valence-corrected chi connectivity index (χ3v) is 3.52. The molecule has 0 unspecified atom stereocenters. The molecular weight excluding hydrogens is 246 g/mol. The van der Waals surface area contributed by atoms with Crippen molar-refractivity contribution >= 4 is 11.5 Å². The highest BCUT2D eigenvalue weighted by Gasteiger charge is 2.14. The summed E-state index contributed by atoms with van der Waals surface area (Å²) >= 11 is 0. The highest BCUT2D eigenvalue weighted by atomic mass is 15.2. The lowest BCUT2D eigenvalue weighted by Crippen LogP contribution is -2.14. The normalized spacial score (nSPS) is 11.4. The van der Waals surface area contributed by atoms with Crippen molar-refractivity contribution in [3.63, 3.8) is 0 Å². The number of anilines is 2. The van der Waals surface area contributed by atoms with Crippen LogP contribution in [0.5, 0.6) is 0 Å². The van der Waals surface area contributed by atoms with E-state index in [1.54, 1.807) is 0 Å². The maximum Gasteiger partial charge on any atom is 0.132 e. The van der Waals surface area contributed by atoms with Crippen LogP contribution in [0.3, 0.4) is 0 Å². The SMILES string of the molecule is CN(c1ccc(CN)cc1)c1ccc(C(C)(C)C)cn1. The molecule has 106 valence electrons. The quantitative estimate of drug-likeness (QED) is 0.925. The van der Waals surface area contributed by atoms with Crippen molar-refractivity contribution in [1.82, 2.24) is 4.98 Å². The number of nitrogens with two attached hydrogens (primary N) is 1. The van der Waals surface area contributed by atoms with Crippen molar-refractivity contribution in [2.24, 2.45) is 5.73 Å². The first-order valence-corrected chi connectivity index (χ1v) is 6.91. The fourth-order valence-electron chi connectivity index (χ4n) is 2.02. The van der Waals surface area contributed by atoms with Crippen LogP contribution in [0.2, 0.25) is 0 Å². The highest BCUT2D eigenvalue weighted by molar-refractivity contribution is 5.59. The molecule has 0 aliphatic carbocycles. The van der Waals surface area contributed by atoms with Gasteiger partial charge in [0.15, 0.2) is 0 Å². The molecule has 20 heavy (non-hydrogen) atoms. The van der Waals surface area contributed by atoms with E-state index in [0.29, 0.717) is 6.54 Å². The van der Waals surface area contributed by atoms with E-state index >= 15 is 0 Å². The van der Waals surface area contributed by atoms with Crippen molar-refractivity contribution in [3.8, 4) is 0 Å². The number of pyridine rings is 1. The number of benzene rings is 1. The summed E-state index contributed by atoms with van der Waals surface area (Å²) in [7, 11) is 2.02. The smallest absolute Gasteiger partial charge is 0.132 e. The van der Waals surface area contributed by atoms with Crippen molar-refractivity contribution in [1.29, 1.82) is 0 Å². The van der Waals surface area contributed by atoms with E-state index in [-0.39, 0.29) is 5.41 Å². The first-order chi connectivity index (χ1) is 9.41. The fourth-order valence-corrected chi connectivity index (χ4v) is 2.02. The van der Waals surface area contributed by atoms with Crippen LogP contribution in [0.25, 0.3) is 0 Å². The highest BCUT2D eigenvalue weighted by Crippen LogP contribution is 2.25. The maximum atomic E-state index is 5.62. The molecule has 1 aromatic heterocycles. The minimum atomic E-state index is 0.132. The summed E-state index contributed by atoms with van der Waals surface area (Å²) in [5, 5.41) is 0. The summed E-state index contributed by atoms with van der Waals surface area (Å²) in [5.41, 5.74) is 9.24. The van der Waals surface area contributed by atoms with Gasteiger partial charge >= 0.3 is 0 Å². The van der Waals surface area contributed by atoms with Gasteiger partial charge in [-0.25, -0.2) is 4.98 Å². The van der Waals surface area contributed by atoms with E-state index in [9.17, 15) is 0 Å². The van der Waals surface area contributed by atoms with Gasteiger partial charge in [-0.05, 0) is 34.7 Å². The van der Waals surface area contributed by atoms with Crippen LogP contribution in [-0.4, -0.2) is 12.0 Å². The summed E-state index contributed by atoms with van der Waals surface area (Å²) in [6, 6.07) is 12.5. The van der Waals surface area contributed by atoms with Gasteiger partial charge in [0.1, 0.15) is 5.82 Å². The first-order valence-electron chi connectivity index (χ1n) is 6.91. The zero-order valence-corrected chi connectivity index (χ0v) is 12.7. The molecule has 1 heterocycles.